The van der Waals surface area contributed by atoms with Gasteiger partial charge in [0, 0.05) is 6.04 Å². The Morgan fingerprint density at radius 2 is 2.29 bits per heavy atom. The van der Waals surface area contributed by atoms with Crippen LogP contribution in [0.2, 0.25) is 0 Å². The number of hydrogen-bond donors (Lipinski definition) is 2. The second kappa shape index (κ2) is 4.14. The van der Waals surface area contributed by atoms with Crippen molar-refractivity contribution in [1.82, 2.24) is 10.3 Å². The molecule has 5 nitrogen and oxygen atoms in total. The highest BCUT2D eigenvalue weighted by Crippen LogP contribution is 2.39. The van der Waals surface area contributed by atoms with Crippen LogP contribution >= 0.6 is 0 Å². The van der Waals surface area contributed by atoms with E-state index in [2.05, 4.69) is 10.3 Å². The van der Waals surface area contributed by atoms with E-state index >= 15 is 0 Å². The lowest BCUT2D eigenvalue weighted by Gasteiger charge is -2.24. The molecule has 0 spiro atoms. The number of nitrogens with zero attached hydrogens (tertiary/aromatic N) is 1. The maximum absolute atomic E-state index is 11.0. The van der Waals surface area contributed by atoms with Gasteiger partial charge in [-0.25, -0.2) is 9.78 Å². The zero-order valence-corrected chi connectivity index (χ0v) is 9.56. The Labute approximate surface area is 99.2 Å². The number of carboxylic acid groups (broad SMARTS) is 1. The molecule has 3 unspecified atom stereocenters. The Hall–Kier alpha value is -1.36. The van der Waals surface area contributed by atoms with Crippen LogP contribution in [0, 0.1) is 5.92 Å². The van der Waals surface area contributed by atoms with Crippen molar-refractivity contribution in [2.24, 2.45) is 5.92 Å². The van der Waals surface area contributed by atoms with Gasteiger partial charge in [0.05, 0.1) is 6.04 Å². The van der Waals surface area contributed by atoms with Crippen molar-refractivity contribution < 1.29 is 14.3 Å². The van der Waals surface area contributed by atoms with Crippen molar-refractivity contribution in [3.05, 3.63) is 17.8 Å². The largest absolute Gasteiger partial charge is 0.476 e. The number of hydrogen-bond acceptors (Lipinski definition) is 4. The third kappa shape index (κ3) is 1.84. The molecule has 0 aromatic carbocycles. The van der Waals surface area contributed by atoms with E-state index in [1.165, 1.54) is 32.1 Å². The topological polar surface area (TPSA) is 75.4 Å². The third-order valence-corrected chi connectivity index (χ3v) is 3.98. The van der Waals surface area contributed by atoms with Crippen LogP contribution in [0.25, 0.3) is 0 Å². The van der Waals surface area contributed by atoms with Gasteiger partial charge >= 0.3 is 5.97 Å². The number of fused-ring (bicyclic) bond motifs is 1. The number of carbonyl (C=O) groups is 1. The fraction of sp³-hybridized carbons (Fsp3) is 0.667. The van der Waals surface area contributed by atoms with Crippen LogP contribution in [0.15, 0.2) is 10.8 Å². The van der Waals surface area contributed by atoms with E-state index in [4.69, 9.17) is 9.52 Å². The number of nitrogens with one attached hydrogen (secondary N) is 1. The van der Waals surface area contributed by atoms with Crippen molar-refractivity contribution in [3.8, 4) is 0 Å². The molecule has 92 valence electrons. The third-order valence-electron chi connectivity index (χ3n) is 3.98. The van der Waals surface area contributed by atoms with Crippen molar-refractivity contribution in [2.75, 3.05) is 0 Å². The Bertz CT molecular complexity index is 415. The second-order valence-electron chi connectivity index (χ2n) is 4.98. The molecule has 2 fully saturated rings. The summed E-state index contributed by atoms with van der Waals surface area (Å²) in [4.78, 5) is 14.8. The molecule has 1 aliphatic heterocycles. The summed E-state index contributed by atoms with van der Waals surface area (Å²) in [7, 11) is 0. The van der Waals surface area contributed by atoms with Crippen LogP contribution in [0.5, 0.6) is 0 Å². The first-order chi connectivity index (χ1) is 8.25. The van der Waals surface area contributed by atoms with E-state index in [0.29, 0.717) is 17.7 Å². The van der Waals surface area contributed by atoms with Crippen LogP contribution in [0.4, 0.5) is 0 Å². The summed E-state index contributed by atoms with van der Waals surface area (Å²) in [5.41, 5.74) is 0.0566. The van der Waals surface area contributed by atoms with Crippen molar-refractivity contribution in [3.63, 3.8) is 0 Å². The summed E-state index contributed by atoms with van der Waals surface area (Å²) in [6, 6.07) is 0.553. The lowest BCUT2D eigenvalue weighted by molar-refractivity contribution is 0.0687. The minimum absolute atomic E-state index is 0.0247. The number of rotatable bonds is 2. The van der Waals surface area contributed by atoms with Crippen LogP contribution in [-0.4, -0.2) is 22.1 Å². The molecule has 0 bridgehead atoms. The summed E-state index contributed by atoms with van der Waals surface area (Å²) in [5.74, 6) is 0.151. The number of aromatic carboxylic acids is 1. The highest BCUT2D eigenvalue weighted by atomic mass is 16.4. The molecule has 2 heterocycles. The van der Waals surface area contributed by atoms with Crippen LogP contribution in [0.1, 0.15) is 54.4 Å². The van der Waals surface area contributed by atoms with Crippen molar-refractivity contribution >= 4 is 5.97 Å². The molecule has 3 atom stereocenters. The molecule has 1 aliphatic carbocycles. The van der Waals surface area contributed by atoms with E-state index < -0.39 is 5.97 Å². The maximum atomic E-state index is 11.0. The van der Waals surface area contributed by atoms with E-state index in [1.54, 1.807) is 0 Å². The molecule has 0 radical (unpaired) electrons. The van der Waals surface area contributed by atoms with Gasteiger partial charge in [0.1, 0.15) is 0 Å². The fourth-order valence-corrected chi connectivity index (χ4v) is 3.18. The van der Waals surface area contributed by atoms with Crippen molar-refractivity contribution in [2.45, 2.75) is 44.2 Å². The minimum Gasteiger partial charge on any atom is -0.476 e. The van der Waals surface area contributed by atoms with Gasteiger partial charge in [-0.1, -0.05) is 12.8 Å². The van der Waals surface area contributed by atoms with Gasteiger partial charge in [-0.3, -0.25) is 0 Å². The van der Waals surface area contributed by atoms with E-state index in [-0.39, 0.29) is 11.7 Å². The molecule has 1 aromatic heterocycles. The molecular weight excluding hydrogens is 220 g/mol. The SMILES string of the molecule is O=C(O)c1ncoc1C1CC2CCCCC2N1. The average molecular weight is 236 g/mol. The number of aromatic nitrogens is 1. The average Bonchev–Trinajstić information content (AvgIpc) is 2.95. The molecular formula is C12H16N2O3. The smallest absolute Gasteiger partial charge is 0.358 e. The summed E-state index contributed by atoms with van der Waals surface area (Å²) >= 11 is 0. The Kier molecular flexibility index (Phi) is 2.63. The summed E-state index contributed by atoms with van der Waals surface area (Å²) in [6.45, 7) is 0. The highest BCUT2D eigenvalue weighted by Gasteiger charge is 2.38. The fourth-order valence-electron chi connectivity index (χ4n) is 3.18. The molecule has 2 N–H and O–H groups in total. The molecule has 1 saturated carbocycles. The molecule has 2 aliphatic rings. The lowest BCUT2D eigenvalue weighted by Crippen LogP contribution is -2.30. The van der Waals surface area contributed by atoms with E-state index in [0.717, 1.165) is 6.42 Å². The second-order valence-corrected chi connectivity index (χ2v) is 4.98. The van der Waals surface area contributed by atoms with Crippen molar-refractivity contribution in [1.29, 1.82) is 0 Å². The Morgan fingerprint density at radius 3 is 3.06 bits per heavy atom. The molecule has 17 heavy (non-hydrogen) atoms. The first-order valence-electron chi connectivity index (χ1n) is 6.18. The molecule has 1 aromatic rings. The van der Waals surface area contributed by atoms with Gasteiger partial charge in [-0.2, -0.15) is 0 Å². The first-order valence-corrected chi connectivity index (χ1v) is 6.18. The minimum atomic E-state index is -1.01. The van der Waals surface area contributed by atoms with Crippen LogP contribution in [-0.2, 0) is 0 Å². The first kappa shape index (κ1) is 10.8. The van der Waals surface area contributed by atoms with Crippen LogP contribution in [0.3, 0.4) is 0 Å². The van der Waals surface area contributed by atoms with E-state index in [9.17, 15) is 4.79 Å². The van der Waals surface area contributed by atoms with E-state index in [1.807, 2.05) is 0 Å². The van der Waals surface area contributed by atoms with Gasteiger partial charge < -0.3 is 14.8 Å². The summed E-state index contributed by atoms with van der Waals surface area (Å²) < 4.78 is 5.26. The summed E-state index contributed by atoms with van der Waals surface area (Å²) in [6.07, 6.45) is 7.19. The molecule has 3 rings (SSSR count). The van der Waals surface area contributed by atoms with Crippen LogP contribution < -0.4 is 5.32 Å². The number of carboxylic acids is 1. The normalized spacial score (nSPS) is 32.4. The monoisotopic (exact) mass is 236 g/mol. The Balaban J connectivity index is 1.81. The van der Waals surface area contributed by atoms with Gasteiger partial charge in [0.25, 0.3) is 0 Å². The predicted molar refractivity (Wildman–Crippen MR) is 59.7 cm³/mol. The van der Waals surface area contributed by atoms with Gasteiger partial charge in [0.2, 0.25) is 0 Å². The standard InChI is InChI=1S/C12H16N2O3/c15-12(16)10-11(17-6-13-10)9-5-7-3-1-2-4-8(7)14-9/h6-9,14H,1-5H2,(H,15,16). The van der Waals surface area contributed by atoms with Gasteiger partial charge in [-0.15, -0.1) is 0 Å². The maximum Gasteiger partial charge on any atom is 0.358 e. The zero-order valence-electron chi connectivity index (χ0n) is 9.56. The Morgan fingerprint density at radius 1 is 1.47 bits per heavy atom. The highest BCUT2D eigenvalue weighted by molar-refractivity contribution is 5.86. The quantitative estimate of drug-likeness (QED) is 0.821. The van der Waals surface area contributed by atoms with Gasteiger partial charge in [-0.05, 0) is 25.2 Å². The number of oxazole rings is 1. The lowest BCUT2D eigenvalue weighted by atomic mass is 9.85. The molecule has 0 amide bonds. The molecule has 1 saturated heterocycles. The predicted octanol–water partition coefficient (Wildman–Crippen LogP) is 1.97. The molecule has 5 heteroatoms. The summed E-state index contributed by atoms with van der Waals surface area (Å²) in [5, 5.41) is 12.5. The van der Waals surface area contributed by atoms with Gasteiger partial charge in [0.15, 0.2) is 17.8 Å². The zero-order chi connectivity index (χ0) is 11.8.